The number of hydrogen-bond donors (Lipinski definition) is 2. The van der Waals surface area contributed by atoms with Crippen molar-refractivity contribution in [3.8, 4) is 0 Å². The summed E-state index contributed by atoms with van der Waals surface area (Å²) < 4.78 is 5.39. The monoisotopic (exact) mass is 397 g/mol. The first-order valence-electron chi connectivity index (χ1n) is 10.2. The van der Waals surface area contributed by atoms with E-state index in [1.54, 1.807) is 12.4 Å². The van der Waals surface area contributed by atoms with Gasteiger partial charge in [0.25, 0.3) is 0 Å². The zero-order valence-corrected chi connectivity index (χ0v) is 17.1. The van der Waals surface area contributed by atoms with Crippen LogP contribution >= 0.6 is 0 Å². The van der Waals surface area contributed by atoms with E-state index >= 15 is 0 Å². The first-order chi connectivity index (χ1) is 14.2. The third kappa shape index (κ3) is 6.00. The number of benzene rings is 1. The molecule has 3 rings (SSSR count). The maximum atomic E-state index is 12.4. The molecular formula is C22H31N5O2. The first kappa shape index (κ1) is 21.2. The number of pyridine rings is 1. The molecule has 0 bridgehead atoms. The molecule has 2 aromatic rings. The van der Waals surface area contributed by atoms with Gasteiger partial charge in [-0.2, -0.15) is 0 Å². The molecule has 0 saturated carbocycles. The predicted molar refractivity (Wildman–Crippen MR) is 114 cm³/mol. The second kappa shape index (κ2) is 10.9. The van der Waals surface area contributed by atoms with Gasteiger partial charge >= 0.3 is 0 Å². The molecule has 0 aliphatic carbocycles. The fourth-order valence-electron chi connectivity index (χ4n) is 3.74. The van der Waals surface area contributed by atoms with Crippen molar-refractivity contribution in [2.75, 3.05) is 51.3 Å². The smallest absolute Gasteiger partial charge is 0.239 e. The SMILES string of the molecule is CCOCCNc1cnccc1C(C(N)=O)N1CCN(Cc2ccccc2)CC1. The standard InChI is InChI=1S/C22H31N5O2/c1-2-29-15-10-25-20-16-24-9-8-19(20)21(22(23)28)27-13-11-26(12-14-27)17-18-6-4-3-5-7-18/h3-9,16,21,25H,2,10-15,17H2,1H3,(H2,23,28). The summed E-state index contributed by atoms with van der Waals surface area (Å²) in [6.45, 7) is 8.22. The summed E-state index contributed by atoms with van der Waals surface area (Å²) in [5.41, 5.74) is 8.85. The molecule has 1 aliphatic rings. The van der Waals surface area contributed by atoms with Crippen molar-refractivity contribution in [2.24, 2.45) is 5.73 Å². The largest absolute Gasteiger partial charge is 0.381 e. The Bertz CT molecular complexity index is 763. The Morgan fingerprint density at radius 1 is 1.21 bits per heavy atom. The van der Waals surface area contributed by atoms with Crippen molar-refractivity contribution in [1.29, 1.82) is 0 Å². The van der Waals surface area contributed by atoms with Crippen LogP contribution in [0.15, 0.2) is 48.8 Å². The predicted octanol–water partition coefficient (Wildman–Crippen LogP) is 1.87. The normalized spacial score (nSPS) is 16.4. The van der Waals surface area contributed by atoms with E-state index in [1.165, 1.54) is 5.56 Å². The molecule has 0 spiro atoms. The molecular weight excluding hydrogens is 366 g/mol. The van der Waals surface area contributed by atoms with Gasteiger partial charge in [-0.1, -0.05) is 30.3 Å². The summed E-state index contributed by atoms with van der Waals surface area (Å²) in [7, 11) is 0. The lowest BCUT2D eigenvalue weighted by Crippen LogP contribution is -2.50. The number of ether oxygens (including phenoxy) is 1. The van der Waals surface area contributed by atoms with Crippen LogP contribution in [0.4, 0.5) is 5.69 Å². The fourth-order valence-corrected chi connectivity index (χ4v) is 3.74. The molecule has 7 heteroatoms. The van der Waals surface area contributed by atoms with Gasteiger partial charge in [-0.05, 0) is 18.6 Å². The lowest BCUT2D eigenvalue weighted by atomic mass is 10.0. The molecule has 1 aromatic heterocycles. The highest BCUT2D eigenvalue weighted by atomic mass is 16.5. The Labute approximate surface area is 172 Å². The van der Waals surface area contributed by atoms with E-state index in [0.29, 0.717) is 19.8 Å². The molecule has 7 nitrogen and oxygen atoms in total. The molecule has 29 heavy (non-hydrogen) atoms. The topological polar surface area (TPSA) is 83.7 Å². The minimum atomic E-state index is -0.466. The second-order valence-electron chi connectivity index (χ2n) is 7.19. The quantitative estimate of drug-likeness (QED) is 0.596. The van der Waals surface area contributed by atoms with Gasteiger partial charge in [0.05, 0.1) is 18.5 Å². The molecule has 156 valence electrons. The summed E-state index contributed by atoms with van der Waals surface area (Å²) in [5.74, 6) is -0.333. The van der Waals surface area contributed by atoms with Gasteiger partial charge in [-0.15, -0.1) is 0 Å². The number of nitrogens with one attached hydrogen (secondary N) is 1. The number of amides is 1. The van der Waals surface area contributed by atoms with Crippen molar-refractivity contribution in [3.05, 3.63) is 59.9 Å². The first-order valence-corrected chi connectivity index (χ1v) is 10.2. The van der Waals surface area contributed by atoms with Crippen LogP contribution in [0.3, 0.4) is 0 Å². The van der Waals surface area contributed by atoms with Gasteiger partial charge < -0.3 is 15.8 Å². The van der Waals surface area contributed by atoms with Crippen LogP contribution in [-0.4, -0.2) is 66.6 Å². The van der Waals surface area contributed by atoms with Crippen molar-refractivity contribution in [3.63, 3.8) is 0 Å². The zero-order chi connectivity index (χ0) is 20.5. The number of anilines is 1. The average molecular weight is 398 g/mol. The van der Waals surface area contributed by atoms with Crippen LogP contribution in [0.2, 0.25) is 0 Å². The number of nitrogens with two attached hydrogens (primary N) is 1. The molecule has 1 saturated heterocycles. The van der Waals surface area contributed by atoms with Crippen molar-refractivity contribution in [2.45, 2.75) is 19.5 Å². The molecule has 1 unspecified atom stereocenters. The Kier molecular flexibility index (Phi) is 7.98. The van der Waals surface area contributed by atoms with Crippen LogP contribution in [0.5, 0.6) is 0 Å². The molecule has 1 atom stereocenters. The fraction of sp³-hybridized carbons (Fsp3) is 0.455. The summed E-state index contributed by atoms with van der Waals surface area (Å²) in [5, 5.41) is 3.33. The van der Waals surface area contributed by atoms with Gasteiger partial charge in [-0.3, -0.25) is 19.6 Å². The van der Waals surface area contributed by atoms with E-state index < -0.39 is 6.04 Å². The van der Waals surface area contributed by atoms with E-state index in [4.69, 9.17) is 10.5 Å². The van der Waals surface area contributed by atoms with Crippen molar-refractivity contribution < 1.29 is 9.53 Å². The van der Waals surface area contributed by atoms with Gasteiger partial charge in [0.15, 0.2) is 0 Å². The lowest BCUT2D eigenvalue weighted by molar-refractivity contribution is -0.124. The highest BCUT2D eigenvalue weighted by Gasteiger charge is 2.30. The van der Waals surface area contributed by atoms with Crippen LogP contribution in [0, 0.1) is 0 Å². The summed E-state index contributed by atoms with van der Waals surface area (Å²) in [4.78, 5) is 21.2. The molecule has 2 heterocycles. The number of hydrogen-bond acceptors (Lipinski definition) is 6. The maximum Gasteiger partial charge on any atom is 0.239 e. The van der Waals surface area contributed by atoms with Crippen LogP contribution < -0.4 is 11.1 Å². The third-order valence-corrected chi connectivity index (χ3v) is 5.21. The molecule has 1 aromatic carbocycles. The highest BCUT2D eigenvalue weighted by molar-refractivity contribution is 5.83. The molecule has 1 amide bonds. The van der Waals surface area contributed by atoms with Gasteiger partial charge in [0.1, 0.15) is 6.04 Å². The van der Waals surface area contributed by atoms with E-state index in [0.717, 1.165) is 44.0 Å². The molecule has 1 aliphatic heterocycles. The second-order valence-corrected chi connectivity index (χ2v) is 7.19. The lowest BCUT2D eigenvalue weighted by Gasteiger charge is -2.38. The number of carbonyl (C=O) groups is 1. The number of aromatic nitrogens is 1. The molecule has 0 radical (unpaired) electrons. The summed E-state index contributed by atoms with van der Waals surface area (Å²) in [6.07, 6.45) is 3.47. The minimum Gasteiger partial charge on any atom is -0.381 e. The van der Waals surface area contributed by atoms with E-state index in [2.05, 4.69) is 44.4 Å². The van der Waals surface area contributed by atoms with Gasteiger partial charge in [-0.25, -0.2) is 0 Å². The minimum absolute atomic E-state index is 0.333. The number of carbonyl (C=O) groups excluding carboxylic acids is 1. The molecule has 3 N–H and O–H groups in total. The third-order valence-electron chi connectivity index (χ3n) is 5.21. The summed E-state index contributed by atoms with van der Waals surface area (Å²) >= 11 is 0. The van der Waals surface area contributed by atoms with Crippen LogP contribution in [0.1, 0.15) is 24.1 Å². The summed E-state index contributed by atoms with van der Waals surface area (Å²) in [6, 6.07) is 11.9. The Morgan fingerprint density at radius 3 is 2.66 bits per heavy atom. The van der Waals surface area contributed by atoms with E-state index in [9.17, 15) is 4.79 Å². The van der Waals surface area contributed by atoms with Crippen molar-refractivity contribution in [1.82, 2.24) is 14.8 Å². The van der Waals surface area contributed by atoms with Gasteiger partial charge in [0, 0.05) is 57.6 Å². The zero-order valence-electron chi connectivity index (χ0n) is 17.1. The maximum absolute atomic E-state index is 12.4. The Balaban J connectivity index is 1.64. The van der Waals surface area contributed by atoms with Gasteiger partial charge in [0.2, 0.25) is 5.91 Å². The Hall–Kier alpha value is -2.48. The number of piperazine rings is 1. The Morgan fingerprint density at radius 2 is 1.97 bits per heavy atom. The van der Waals surface area contributed by atoms with Crippen molar-refractivity contribution >= 4 is 11.6 Å². The van der Waals surface area contributed by atoms with Crippen LogP contribution in [-0.2, 0) is 16.1 Å². The average Bonchev–Trinajstić information content (AvgIpc) is 2.74. The number of rotatable bonds is 10. The van der Waals surface area contributed by atoms with E-state index in [1.807, 2.05) is 19.1 Å². The number of nitrogens with zero attached hydrogens (tertiary/aromatic N) is 3. The number of primary amides is 1. The molecule has 1 fully saturated rings. The van der Waals surface area contributed by atoms with Crippen LogP contribution in [0.25, 0.3) is 0 Å². The van der Waals surface area contributed by atoms with E-state index in [-0.39, 0.29) is 5.91 Å². The highest BCUT2D eigenvalue weighted by Crippen LogP contribution is 2.28.